The molecule has 2 aromatic rings. The summed E-state index contributed by atoms with van der Waals surface area (Å²) >= 11 is 0. The summed E-state index contributed by atoms with van der Waals surface area (Å²) in [5.41, 5.74) is 6.07. The first-order chi connectivity index (χ1) is 9.34. The van der Waals surface area contributed by atoms with Gasteiger partial charge in [-0.25, -0.2) is 12.8 Å². The lowest BCUT2D eigenvalue weighted by Crippen LogP contribution is -2.27. The Balaban J connectivity index is 2.57. The Morgan fingerprint density at radius 3 is 2.45 bits per heavy atom. The van der Waals surface area contributed by atoms with Gasteiger partial charge in [-0.05, 0) is 31.2 Å². The van der Waals surface area contributed by atoms with Crippen LogP contribution in [0, 0.1) is 12.7 Å². The number of pyridine rings is 1. The Bertz CT molecular complexity index is 733. The molecule has 2 N–H and O–H groups in total. The van der Waals surface area contributed by atoms with E-state index in [9.17, 15) is 12.8 Å². The third-order valence-electron chi connectivity index (χ3n) is 2.98. The first-order valence-corrected chi connectivity index (χ1v) is 7.22. The summed E-state index contributed by atoms with van der Waals surface area (Å²) < 4.78 is 39.8. The summed E-state index contributed by atoms with van der Waals surface area (Å²) in [6.45, 7) is 1.40. The molecule has 0 radical (unpaired) electrons. The lowest BCUT2D eigenvalue weighted by atomic mass is 10.2. The van der Waals surface area contributed by atoms with E-state index in [2.05, 4.69) is 4.98 Å². The summed E-state index contributed by atoms with van der Waals surface area (Å²) in [5.74, 6) is -0.647. The lowest BCUT2D eigenvalue weighted by Gasteiger charge is -2.20. The van der Waals surface area contributed by atoms with E-state index in [1.165, 1.54) is 32.4 Å². The number of nitrogens with two attached hydrogens (primary N) is 1. The largest absolute Gasteiger partial charge is 0.399 e. The fourth-order valence-electron chi connectivity index (χ4n) is 1.78. The second-order valence-electron chi connectivity index (χ2n) is 4.30. The highest BCUT2D eigenvalue weighted by atomic mass is 32.2. The summed E-state index contributed by atoms with van der Waals surface area (Å²) in [7, 11) is -2.49. The van der Waals surface area contributed by atoms with Crippen LogP contribution < -0.4 is 10.0 Å². The molecule has 0 amide bonds. The average molecular weight is 295 g/mol. The van der Waals surface area contributed by atoms with Crippen molar-refractivity contribution in [1.29, 1.82) is 0 Å². The van der Waals surface area contributed by atoms with Crippen LogP contribution in [0.25, 0.3) is 0 Å². The standard InChI is InChI=1S/C13H14FN3O2S/c1-9-12(14)7-10(15)8-13(9)20(18,19)17(2)11-3-5-16-6-4-11/h3-8H,15H2,1-2H3. The van der Waals surface area contributed by atoms with Crippen molar-refractivity contribution in [3.63, 3.8) is 0 Å². The van der Waals surface area contributed by atoms with Crippen LogP contribution in [-0.4, -0.2) is 20.4 Å². The topological polar surface area (TPSA) is 76.3 Å². The van der Waals surface area contributed by atoms with Gasteiger partial charge in [0.2, 0.25) is 0 Å². The number of benzene rings is 1. The zero-order valence-corrected chi connectivity index (χ0v) is 11.9. The molecule has 1 aromatic heterocycles. The van der Waals surface area contributed by atoms with Crippen LogP contribution in [0.5, 0.6) is 0 Å². The monoisotopic (exact) mass is 295 g/mol. The smallest absolute Gasteiger partial charge is 0.264 e. The van der Waals surface area contributed by atoms with Crippen molar-refractivity contribution in [3.05, 3.63) is 48.0 Å². The zero-order valence-electron chi connectivity index (χ0n) is 11.0. The Labute approximate surface area is 116 Å². The minimum absolute atomic E-state index is 0.0418. The third-order valence-corrected chi connectivity index (χ3v) is 4.90. The molecule has 0 spiro atoms. The molecule has 1 aromatic carbocycles. The fourth-order valence-corrected chi connectivity index (χ4v) is 3.25. The molecule has 0 aliphatic rings. The number of halogens is 1. The predicted molar refractivity (Wildman–Crippen MR) is 75.4 cm³/mol. The number of sulfonamides is 1. The van der Waals surface area contributed by atoms with Gasteiger partial charge in [0, 0.05) is 30.7 Å². The van der Waals surface area contributed by atoms with E-state index in [0.29, 0.717) is 5.69 Å². The van der Waals surface area contributed by atoms with Gasteiger partial charge in [-0.3, -0.25) is 9.29 Å². The van der Waals surface area contributed by atoms with Crippen molar-refractivity contribution in [2.24, 2.45) is 0 Å². The Hall–Kier alpha value is -2.15. The van der Waals surface area contributed by atoms with Crippen molar-refractivity contribution < 1.29 is 12.8 Å². The molecule has 7 heteroatoms. The zero-order chi connectivity index (χ0) is 14.9. The maximum atomic E-state index is 13.7. The molecule has 5 nitrogen and oxygen atoms in total. The van der Waals surface area contributed by atoms with Crippen LogP contribution in [0.1, 0.15) is 5.56 Å². The van der Waals surface area contributed by atoms with Crippen LogP contribution in [0.4, 0.5) is 15.8 Å². The molecule has 2 rings (SSSR count). The SMILES string of the molecule is Cc1c(F)cc(N)cc1S(=O)(=O)N(C)c1ccncc1. The quantitative estimate of drug-likeness (QED) is 0.878. The number of anilines is 2. The van der Waals surface area contributed by atoms with E-state index < -0.39 is 15.8 Å². The van der Waals surface area contributed by atoms with Gasteiger partial charge in [0.05, 0.1) is 10.6 Å². The van der Waals surface area contributed by atoms with Crippen molar-refractivity contribution in [3.8, 4) is 0 Å². The van der Waals surface area contributed by atoms with Crippen LogP contribution in [0.15, 0.2) is 41.6 Å². The van der Waals surface area contributed by atoms with Gasteiger partial charge < -0.3 is 5.73 Å². The highest BCUT2D eigenvalue weighted by molar-refractivity contribution is 7.92. The number of nitrogens with zero attached hydrogens (tertiary/aromatic N) is 2. The van der Waals surface area contributed by atoms with Crippen LogP contribution in [0.2, 0.25) is 0 Å². The summed E-state index contributed by atoms with van der Waals surface area (Å²) in [6, 6.07) is 5.46. The van der Waals surface area contributed by atoms with E-state index in [1.54, 1.807) is 12.1 Å². The van der Waals surface area contributed by atoms with E-state index in [4.69, 9.17) is 5.73 Å². The van der Waals surface area contributed by atoms with Gasteiger partial charge in [-0.15, -0.1) is 0 Å². The van der Waals surface area contributed by atoms with E-state index in [0.717, 1.165) is 10.4 Å². The number of aromatic nitrogens is 1. The molecule has 0 saturated carbocycles. The van der Waals surface area contributed by atoms with Crippen LogP contribution in [0.3, 0.4) is 0 Å². The molecule has 0 bridgehead atoms. The molecule has 0 aliphatic heterocycles. The van der Waals surface area contributed by atoms with Gasteiger partial charge in [0.1, 0.15) is 5.82 Å². The highest BCUT2D eigenvalue weighted by Crippen LogP contribution is 2.27. The Morgan fingerprint density at radius 2 is 1.85 bits per heavy atom. The first-order valence-electron chi connectivity index (χ1n) is 5.78. The molecular weight excluding hydrogens is 281 g/mol. The maximum absolute atomic E-state index is 13.7. The second kappa shape index (κ2) is 5.09. The van der Waals surface area contributed by atoms with E-state index in [1.807, 2.05) is 0 Å². The second-order valence-corrected chi connectivity index (χ2v) is 6.24. The van der Waals surface area contributed by atoms with Crippen LogP contribution >= 0.6 is 0 Å². The normalized spacial score (nSPS) is 11.3. The number of rotatable bonds is 3. The molecule has 0 unspecified atom stereocenters. The number of hydrogen-bond donors (Lipinski definition) is 1. The maximum Gasteiger partial charge on any atom is 0.264 e. The van der Waals surface area contributed by atoms with Crippen molar-refractivity contribution in [2.45, 2.75) is 11.8 Å². The fraction of sp³-hybridized carbons (Fsp3) is 0.154. The van der Waals surface area contributed by atoms with Crippen LogP contribution in [-0.2, 0) is 10.0 Å². The van der Waals surface area contributed by atoms with E-state index >= 15 is 0 Å². The van der Waals surface area contributed by atoms with Crippen molar-refractivity contribution in [1.82, 2.24) is 4.98 Å². The molecule has 0 atom stereocenters. The average Bonchev–Trinajstić information content (AvgIpc) is 2.42. The summed E-state index contributed by atoms with van der Waals surface area (Å²) in [6.07, 6.45) is 2.96. The summed E-state index contributed by atoms with van der Waals surface area (Å²) in [5, 5.41) is 0. The van der Waals surface area contributed by atoms with Crippen molar-refractivity contribution >= 4 is 21.4 Å². The molecule has 106 valence electrons. The molecule has 0 saturated heterocycles. The summed E-state index contributed by atoms with van der Waals surface area (Å²) in [4.78, 5) is 3.68. The Morgan fingerprint density at radius 1 is 1.25 bits per heavy atom. The lowest BCUT2D eigenvalue weighted by molar-refractivity contribution is 0.585. The Kier molecular flexibility index (Phi) is 3.63. The minimum atomic E-state index is -3.88. The molecule has 0 fully saturated rings. The number of nitrogen functional groups attached to an aromatic ring is 1. The van der Waals surface area contributed by atoms with E-state index in [-0.39, 0.29) is 16.1 Å². The molecule has 0 aliphatic carbocycles. The third kappa shape index (κ3) is 2.44. The number of hydrogen-bond acceptors (Lipinski definition) is 4. The molecule has 1 heterocycles. The van der Waals surface area contributed by atoms with Crippen molar-refractivity contribution in [2.75, 3.05) is 17.1 Å². The van der Waals surface area contributed by atoms with Gasteiger partial charge >= 0.3 is 0 Å². The van der Waals surface area contributed by atoms with Gasteiger partial charge in [-0.2, -0.15) is 0 Å². The highest BCUT2D eigenvalue weighted by Gasteiger charge is 2.25. The van der Waals surface area contributed by atoms with Gasteiger partial charge in [0.15, 0.2) is 0 Å². The first kappa shape index (κ1) is 14.3. The molecule has 20 heavy (non-hydrogen) atoms. The predicted octanol–water partition coefficient (Wildman–Crippen LogP) is 1.94. The minimum Gasteiger partial charge on any atom is -0.399 e. The van der Waals surface area contributed by atoms with Gasteiger partial charge in [-0.1, -0.05) is 0 Å². The molecular formula is C13H14FN3O2S. The van der Waals surface area contributed by atoms with Gasteiger partial charge in [0.25, 0.3) is 10.0 Å².